The van der Waals surface area contributed by atoms with Gasteiger partial charge in [-0.15, -0.1) is 0 Å². The fourth-order valence-electron chi connectivity index (χ4n) is 0.763. The highest BCUT2D eigenvalue weighted by Gasteiger charge is 1.96. The molecular formula is C8H7BrClN3S. The molecule has 3 N–H and O–H groups in total. The lowest BCUT2D eigenvalue weighted by atomic mass is 10.2. The van der Waals surface area contributed by atoms with Crippen LogP contribution in [-0.2, 0) is 0 Å². The van der Waals surface area contributed by atoms with Gasteiger partial charge in [-0.3, -0.25) is 5.43 Å². The number of benzene rings is 1. The SMILES string of the molecule is NC(=S)N/N=C/c1ccc(Cl)c(Br)c1. The molecule has 0 aromatic heterocycles. The highest BCUT2D eigenvalue weighted by molar-refractivity contribution is 9.10. The first-order chi connectivity index (χ1) is 6.59. The molecule has 0 saturated carbocycles. The third-order valence-electron chi connectivity index (χ3n) is 1.33. The molecule has 1 aromatic carbocycles. The van der Waals surface area contributed by atoms with Crippen molar-refractivity contribution in [2.75, 3.05) is 0 Å². The molecule has 6 heteroatoms. The maximum Gasteiger partial charge on any atom is 0.184 e. The molecular weight excluding hydrogens is 286 g/mol. The van der Waals surface area contributed by atoms with Gasteiger partial charge in [0, 0.05) is 4.47 Å². The summed E-state index contributed by atoms with van der Waals surface area (Å²) in [5.74, 6) is 0. The molecule has 0 aliphatic heterocycles. The van der Waals surface area contributed by atoms with Crippen LogP contribution < -0.4 is 11.2 Å². The Balaban J connectivity index is 2.73. The molecule has 0 aliphatic carbocycles. The largest absolute Gasteiger partial charge is 0.375 e. The van der Waals surface area contributed by atoms with Crippen molar-refractivity contribution in [1.82, 2.24) is 5.43 Å². The summed E-state index contributed by atoms with van der Waals surface area (Å²) in [4.78, 5) is 0. The van der Waals surface area contributed by atoms with Crippen LogP contribution in [0.5, 0.6) is 0 Å². The van der Waals surface area contributed by atoms with Crippen LogP contribution in [0.3, 0.4) is 0 Å². The van der Waals surface area contributed by atoms with Gasteiger partial charge in [-0.1, -0.05) is 17.7 Å². The fraction of sp³-hybridized carbons (Fsp3) is 0. The van der Waals surface area contributed by atoms with Crippen LogP contribution >= 0.6 is 39.7 Å². The Labute approximate surface area is 100 Å². The number of hydrazone groups is 1. The van der Waals surface area contributed by atoms with E-state index in [1.807, 2.05) is 12.1 Å². The van der Waals surface area contributed by atoms with Crippen LogP contribution in [0.25, 0.3) is 0 Å². The zero-order chi connectivity index (χ0) is 10.6. The van der Waals surface area contributed by atoms with Gasteiger partial charge >= 0.3 is 0 Å². The van der Waals surface area contributed by atoms with Crippen LogP contribution in [-0.4, -0.2) is 11.3 Å². The molecule has 0 aliphatic rings. The van der Waals surface area contributed by atoms with Crippen LogP contribution in [0.4, 0.5) is 0 Å². The van der Waals surface area contributed by atoms with Gasteiger partial charge in [0.2, 0.25) is 0 Å². The Morgan fingerprint density at radius 2 is 2.36 bits per heavy atom. The number of nitrogens with two attached hydrogens (primary N) is 1. The summed E-state index contributed by atoms with van der Waals surface area (Å²) in [5, 5.41) is 4.60. The molecule has 1 aromatic rings. The van der Waals surface area contributed by atoms with Gasteiger partial charge in [0.15, 0.2) is 5.11 Å². The van der Waals surface area contributed by atoms with Crippen LogP contribution in [0, 0.1) is 0 Å². The smallest absolute Gasteiger partial charge is 0.184 e. The Morgan fingerprint density at radius 1 is 1.64 bits per heavy atom. The number of rotatable bonds is 2. The van der Waals surface area contributed by atoms with E-state index < -0.39 is 0 Å². The van der Waals surface area contributed by atoms with Crippen molar-refractivity contribution in [2.24, 2.45) is 10.8 Å². The zero-order valence-corrected chi connectivity index (χ0v) is 10.2. The molecule has 0 spiro atoms. The third kappa shape index (κ3) is 3.61. The van der Waals surface area contributed by atoms with E-state index in [0.29, 0.717) is 5.02 Å². The van der Waals surface area contributed by atoms with Crippen molar-refractivity contribution in [3.05, 3.63) is 33.3 Å². The van der Waals surface area contributed by atoms with Crippen molar-refractivity contribution < 1.29 is 0 Å². The molecule has 0 unspecified atom stereocenters. The van der Waals surface area contributed by atoms with Crippen molar-refractivity contribution >= 4 is 51.1 Å². The molecule has 74 valence electrons. The summed E-state index contributed by atoms with van der Waals surface area (Å²) < 4.78 is 0.818. The van der Waals surface area contributed by atoms with E-state index in [0.717, 1.165) is 10.0 Å². The number of halogens is 2. The average Bonchev–Trinajstić information content (AvgIpc) is 2.10. The maximum absolute atomic E-state index is 5.82. The molecule has 0 heterocycles. The Morgan fingerprint density at radius 3 is 2.93 bits per heavy atom. The number of thiocarbonyl (C=S) groups is 1. The zero-order valence-electron chi connectivity index (χ0n) is 7.00. The molecule has 0 atom stereocenters. The van der Waals surface area contributed by atoms with E-state index in [1.54, 1.807) is 12.3 Å². The highest BCUT2D eigenvalue weighted by Crippen LogP contribution is 2.22. The van der Waals surface area contributed by atoms with E-state index in [1.165, 1.54) is 0 Å². The fourth-order valence-corrected chi connectivity index (χ4v) is 1.33. The number of hydrogen-bond donors (Lipinski definition) is 2. The van der Waals surface area contributed by atoms with Crippen molar-refractivity contribution in [3.63, 3.8) is 0 Å². The van der Waals surface area contributed by atoms with Crippen LogP contribution in [0.15, 0.2) is 27.8 Å². The van der Waals surface area contributed by atoms with Gasteiger partial charge in [0.1, 0.15) is 0 Å². The molecule has 0 bridgehead atoms. The highest BCUT2D eigenvalue weighted by atomic mass is 79.9. The topological polar surface area (TPSA) is 50.4 Å². The Bertz CT molecular complexity index is 381. The quantitative estimate of drug-likeness (QED) is 0.499. The van der Waals surface area contributed by atoms with Gasteiger partial charge in [-0.05, 0) is 45.8 Å². The molecule has 0 saturated heterocycles. The van der Waals surface area contributed by atoms with E-state index in [4.69, 9.17) is 17.3 Å². The van der Waals surface area contributed by atoms with Gasteiger partial charge in [-0.2, -0.15) is 5.10 Å². The standard InChI is InChI=1S/C8H7BrClN3S/c9-6-3-5(1-2-7(6)10)4-12-13-8(11)14/h1-4H,(H3,11,13,14)/b12-4+. The first-order valence-electron chi connectivity index (χ1n) is 3.63. The summed E-state index contributed by atoms with van der Waals surface area (Å²) in [5.41, 5.74) is 8.54. The molecule has 3 nitrogen and oxygen atoms in total. The molecule has 0 amide bonds. The second kappa shape index (κ2) is 5.29. The average molecular weight is 293 g/mol. The second-order valence-corrected chi connectivity index (χ2v) is 4.11. The monoisotopic (exact) mass is 291 g/mol. The minimum atomic E-state index is 0.134. The van der Waals surface area contributed by atoms with Gasteiger partial charge in [0.05, 0.1) is 11.2 Å². The summed E-state index contributed by atoms with van der Waals surface area (Å²) >= 11 is 13.7. The van der Waals surface area contributed by atoms with Crippen molar-refractivity contribution in [1.29, 1.82) is 0 Å². The predicted octanol–water partition coefficient (Wildman–Crippen LogP) is 2.27. The normalized spacial score (nSPS) is 10.4. The summed E-state index contributed by atoms with van der Waals surface area (Å²) in [6.45, 7) is 0. The van der Waals surface area contributed by atoms with E-state index >= 15 is 0 Å². The van der Waals surface area contributed by atoms with E-state index in [9.17, 15) is 0 Å². The van der Waals surface area contributed by atoms with Gasteiger partial charge in [-0.25, -0.2) is 0 Å². The lowest BCUT2D eigenvalue weighted by Gasteiger charge is -1.97. The third-order valence-corrected chi connectivity index (χ3v) is 2.64. The number of hydrogen-bond acceptors (Lipinski definition) is 2. The maximum atomic E-state index is 5.82. The summed E-state index contributed by atoms with van der Waals surface area (Å²) in [6.07, 6.45) is 1.60. The molecule has 0 radical (unpaired) electrons. The minimum absolute atomic E-state index is 0.134. The first-order valence-corrected chi connectivity index (χ1v) is 5.21. The summed E-state index contributed by atoms with van der Waals surface area (Å²) in [7, 11) is 0. The van der Waals surface area contributed by atoms with Crippen LogP contribution in [0.1, 0.15) is 5.56 Å². The summed E-state index contributed by atoms with van der Waals surface area (Å²) in [6, 6.07) is 5.44. The van der Waals surface area contributed by atoms with E-state index in [2.05, 4.69) is 38.7 Å². The van der Waals surface area contributed by atoms with Crippen LogP contribution in [0.2, 0.25) is 5.02 Å². The predicted molar refractivity (Wildman–Crippen MR) is 66.7 cm³/mol. The lowest BCUT2D eigenvalue weighted by molar-refractivity contribution is 1.04. The van der Waals surface area contributed by atoms with Gasteiger partial charge in [0.25, 0.3) is 0 Å². The van der Waals surface area contributed by atoms with Crippen molar-refractivity contribution in [2.45, 2.75) is 0 Å². The Hall–Kier alpha value is -0.650. The number of nitrogens with zero attached hydrogens (tertiary/aromatic N) is 1. The van der Waals surface area contributed by atoms with Crippen molar-refractivity contribution in [3.8, 4) is 0 Å². The molecule has 1 rings (SSSR count). The lowest BCUT2D eigenvalue weighted by Crippen LogP contribution is -2.23. The molecule has 14 heavy (non-hydrogen) atoms. The molecule has 0 fully saturated rings. The minimum Gasteiger partial charge on any atom is -0.375 e. The van der Waals surface area contributed by atoms with Gasteiger partial charge < -0.3 is 5.73 Å². The number of nitrogens with one attached hydrogen (secondary N) is 1. The Kier molecular flexibility index (Phi) is 4.31. The van der Waals surface area contributed by atoms with E-state index in [-0.39, 0.29) is 5.11 Å². The first kappa shape index (κ1) is 11.4. The second-order valence-electron chi connectivity index (χ2n) is 2.41.